The van der Waals surface area contributed by atoms with Gasteiger partial charge < -0.3 is 5.73 Å². The Bertz CT molecular complexity index is 1160. The number of non-ortho nitro benzene ring substituents is 1. The Labute approximate surface area is 184 Å². The summed E-state index contributed by atoms with van der Waals surface area (Å²) in [5.41, 5.74) is 9.57. The predicted molar refractivity (Wildman–Crippen MR) is 119 cm³/mol. The topological polar surface area (TPSA) is 113 Å². The summed E-state index contributed by atoms with van der Waals surface area (Å²) in [5, 5.41) is 21.0. The highest BCUT2D eigenvalue weighted by molar-refractivity contribution is 7.98. The maximum Gasteiger partial charge on any atom is 0.269 e. The predicted octanol–water partition coefficient (Wildman–Crippen LogP) is 4.62. The van der Waals surface area contributed by atoms with Crippen LogP contribution in [0.25, 0.3) is 0 Å². The van der Waals surface area contributed by atoms with Crippen LogP contribution in [0.4, 0.5) is 11.4 Å². The number of hydrogen-bond acceptors (Lipinski definition) is 7. The summed E-state index contributed by atoms with van der Waals surface area (Å²) in [4.78, 5) is 26.4. The first-order valence-electron chi connectivity index (χ1n) is 9.80. The number of ketones is 1. The Morgan fingerprint density at radius 3 is 2.42 bits per heavy atom. The molecule has 1 unspecified atom stereocenters. The standard InChI is InChI=1S/C23H20N4O3S/c1-31-17-11-5-14(6-12-17)21-18(13-24)23(25)26(19-3-2-4-20(28)22(19)21)15-7-9-16(10-8-15)27(29)30/h5-12,21H,2-4,25H2,1H3. The third-order valence-corrected chi connectivity index (χ3v) is 6.42. The Kier molecular flexibility index (Phi) is 5.53. The van der Waals surface area contributed by atoms with Gasteiger partial charge in [0.15, 0.2) is 5.78 Å². The minimum Gasteiger partial charge on any atom is -0.384 e. The van der Waals surface area contributed by atoms with Crippen LogP contribution in [0, 0.1) is 21.4 Å². The number of anilines is 1. The van der Waals surface area contributed by atoms with E-state index in [0.717, 1.165) is 16.2 Å². The number of rotatable bonds is 4. The summed E-state index contributed by atoms with van der Waals surface area (Å²) in [6, 6.07) is 16.0. The van der Waals surface area contributed by atoms with Gasteiger partial charge in [-0.2, -0.15) is 5.26 Å². The van der Waals surface area contributed by atoms with Gasteiger partial charge in [-0.1, -0.05) is 12.1 Å². The van der Waals surface area contributed by atoms with Crippen LogP contribution in [0.2, 0.25) is 0 Å². The monoisotopic (exact) mass is 432 g/mol. The molecule has 1 heterocycles. The molecule has 1 aliphatic carbocycles. The molecule has 0 aromatic heterocycles. The van der Waals surface area contributed by atoms with Gasteiger partial charge in [0, 0.05) is 40.4 Å². The fourth-order valence-corrected chi connectivity index (χ4v) is 4.64. The number of nitrogens with two attached hydrogens (primary N) is 1. The second-order valence-electron chi connectivity index (χ2n) is 7.36. The summed E-state index contributed by atoms with van der Waals surface area (Å²) in [6.45, 7) is 0. The Hall–Kier alpha value is -3.57. The van der Waals surface area contributed by atoms with Crippen molar-refractivity contribution in [1.82, 2.24) is 0 Å². The van der Waals surface area contributed by atoms with Crippen molar-refractivity contribution >= 4 is 28.9 Å². The Balaban J connectivity index is 1.89. The summed E-state index contributed by atoms with van der Waals surface area (Å²) in [5.74, 6) is -0.255. The first-order valence-corrected chi connectivity index (χ1v) is 11.0. The van der Waals surface area contributed by atoms with Crippen LogP contribution in [0.5, 0.6) is 0 Å². The highest BCUT2D eigenvalue weighted by atomic mass is 32.2. The van der Waals surface area contributed by atoms with Gasteiger partial charge in [-0.05, 0) is 48.9 Å². The van der Waals surface area contributed by atoms with Gasteiger partial charge in [-0.25, -0.2) is 0 Å². The zero-order chi connectivity index (χ0) is 22.1. The second-order valence-corrected chi connectivity index (χ2v) is 8.24. The molecular formula is C23H20N4O3S. The van der Waals surface area contributed by atoms with E-state index >= 15 is 0 Å². The molecule has 0 bridgehead atoms. The molecule has 7 nitrogen and oxygen atoms in total. The SMILES string of the molecule is CSc1ccc(C2C(C#N)=C(N)N(c3ccc([N+](=O)[O-])cc3)C3=C2C(=O)CCC3)cc1. The molecule has 0 radical (unpaired) electrons. The number of allylic oxidation sites excluding steroid dienone is 3. The number of Topliss-reactive ketones (excluding diaryl/α,β-unsaturated/α-hetero) is 1. The maximum atomic E-state index is 13.1. The third kappa shape index (κ3) is 3.57. The molecule has 0 fully saturated rings. The van der Waals surface area contributed by atoms with Gasteiger partial charge in [-0.15, -0.1) is 11.8 Å². The number of nitrogens with zero attached hydrogens (tertiary/aromatic N) is 3. The van der Waals surface area contributed by atoms with Crippen LogP contribution in [-0.2, 0) is 4.79 Å². The van der Waals surface area contributed by atoms with E-state index in [9.17, 15) is 20.2 Å². The fraction of sp³-hybridized carbons (Fsp3) is 0.217. The van der Waals surface area contributed by atoms with E-state index in [1.54, 1.807) is 28.8 Å². The number of thioether (sulfide) groups is 1. The molecule has 0 amide bonds. The average molecular weight is 433 g/mol. The van der Waals surface area contributed by atoms with E-state index in [-0.39, 0.29) is 17.3 Å². The van der Waals surface area contributed by atoms with Crippen molar-refractivity contribution in [3.05, 3.63) is 86.9 Å². The van der Waals surface area contributed by atoms with Crippen LogP contribution in [0.1, 0.15) is 30.7 Å². The lowest BCUT2D eigenvalue weighted by Gasteiger charge is -2.39. The van der Waals surface area contributed by atoms with E-state index in [1.165, 1.54) is 12.1 Å². The van der Waals surface area contributed by atoms with Crippen LogP contribution in [-0.4, -0.2) is 17.0 Å². The van der Waals surface area contributed by atoms with Crippen molar-refractivity contribution < 1.29 is 9.72 Å². The zero-order valence-corrected chi connectivity index (χ0v) is 17.7. The van der Waals surface area contributed by atoms with Crippen molar-refractivity contribution in [2.24, 2.45) is 5.73 Å². The number of hydrogen-bond donors (Lipinski definition) is 1. The Morgan fingerprint density at radius 2 is 1.84 bits per heavy atom. The van der Waals surface area contributed by atoms with E-state index in [1.807, 2.05) is 30.5 Å². The molecule has 0 saturated carbocycles. The second kappa shape index (κ2) is 8.28. The molecule has 8 heteroatoms. The van der Waals surface area contributed by atoms with E-state index in [0.29, 0.717) is 36.1 Å². The van der Waals surface area contributed by atoms with Crippen molar-refractivity contribution in [2.45, 2.75) is 30.1 Å². The quantitative estimate of drug-likeness (QED) is 0.426. The highest BCUT2D eigenvalue weighted by Gasteiger charge is 2.40. The maximum absolute atomic E-state index is 13.1. The van der Waals surface area contributed by atoms with Crippen molar-refractivity contribution in [1.29, 1.82) is 5.26 Å². The lowest BCUT2D eigenvalue weighted by atomic mass is 9.75. The lowest BCUT2D eigenvalue weighted by molar-refractivity contribution is -0.384. The van der Waals surface area contributed by atoms with Gasteiger partial charge in [0.25, 0.3) is 5.69 Å². The molecule has 4 rings (SSSR count). The molecule has 0 spiro atoms. The number of nitriles is 1. The van der Waals surface area contributed by atoms with Crippen LogP contribution < -0.4 is 10.6 Å². The molecule has 2 aromatic carbocycles. The van der Waals surface area contributed by atoms with Crippen LogP contribution in [0.3, 0.4) is 0 Å². The number of nitro groups is 1. The largest absolute Gasteiger partial charge is 0.384 e. The first-order chi connectivity index (χ1) is 15.0. The van der Waals surface area contributed by atoms with Gasteiger partial charge in [0.2, 0.25) is 0 Å². The minimum atomic E-state index is -0.516. The molecule has 31 heavy (non-hydrogen) atoms. The molecule has 1 atom stereocenters. The molecule has 156 valence electrons. The van der Waals surface area contributed by atoms with E-state index in [4.69, 9.17) is 5.73 Å². The molecule has 0 saturated heterocycles. The van der Waals surface area contributed by atoms with E-state index < -0.39 is 10.8 Å². The first kappa shape index (κ1) is 20.7. The number of carbonyl (C=O) groups excluding carboxylic acids is 1. The average Bonchev–Trinajstić information content (AvgIpc) is 2.78. The van der Waals surface area contributed by atoms with E-state index in [2.05, 4.69) is 6.07 Å². The van der Waals surface area contributed by atoms with Gasteiger partial charge >= 0.3 is 0 Å². The van der Waals surface area contributed by atoms with Crippen molar-refractivity contribution in [2.75, 3.05) is 11.2 Å². The third-order valence-electron chi connectivity index (χ3n) is 5.68. The molecule has 2 N–H and O–H groups in total. The number of carbonyl (C=O) groups is 1. The van der Waals surface area contributed by atoms with Gasteiger partial charge in [-0.3, -0.25) is 19.8 Å². The van der Waals surface area contributed by atoms with Crippen LogP contribution >= 0.6 is 11.8 Å². The smallest absolute Gasteiger partial charge is 0.269 e. The van der Waals surface area contributed by atoms with Gasteiger partial charge in [0.05, 0.1) is 22.5 Å². The number of benzene rings is 2. The van der Waals surface area contributed by atoms with Gasteiger partial charge in [0.1, 0.15) is 5.82 Å². The van der Waals surface area contributed by atoms with Crippen LogP contribution in [0.15, 0.2) is 76.1 Å². The molecule has 2 aromatic rings. The molecular weight excluding hydrogens is 412 g/mol. The highest BCUT2D eigenvalue weighted by Crippen LogP contribution is 2.46. The minimum absolute atomic E-state index is 0.00681. The molecule has 2 aliphatic rings. The fourth-order valence-electron chi connectivity index (χ4n) is 4.23. The lowest BCUT2D eigenvalue weighted by Crippen LogP contribution is -2.38. The van der Waals surface area contributed by atoms with Crippen molar-refractivity contribution in [3.8, 4) is 6.07 Å². The molecule has 1 aliphatic heterocycles. The summed E-state index contributed by atoms with van der Waals surface area (Å²) < 4.78 is 0. The van der Waals surface area contributed by atoms with Crippen molar-refractivity contribution in [3.63, 3.8) is 0 Å². The summed E-state index contributed by atoms with van der Waals surface area (Å²) >= 11 is 1.62. The summed E-state index contributed by atoms with van der Waals surface area (Å²) in [7, 11) is 0. The Morgan fingerprint density at radius 1 is 1.16 bits per heavy atom. The normalized spacial score (nSPS) is 18.6. The zero-order valence-electron chi connectivity index (χ0n) is 16.9. The summed E-state index contributed by atoms with van der Waals surface area (Å²) in [6.07, 6.45) is 3.73. The number of nitro benzene ring substituents is 1.